The van der Waals surface area contributed by atoms with Crippen LogP contribution in [0.3, 0.4) is 0 Å². The fourth-order valence-electron chi connectivity index (χ4n) is 2.35. The Balaban J connectivity index is 1.93. The summed E-state index contributed by atoms with van der Waals surface area (Å²) in [6.07, 6.45) is 2.83. The standard InChI is InChI=1S/C15H22N2O2/c1-15(2,3)19-14(18)17-16-13-10-6-8-11-7-4-5-9-12(11)13/h4-5,7,9,13,16H,6,8,10H2,1-3H3,(H,17,18). The minimum atomic E-state index is -0.476. The summed E-state index contributed by atoms with van der Waals surface area (Å²) in [7, 11) is 0. The molecular formula is C15H22N2O2. The fraction of sp³-hybridized carbons (Fsp3) is 0.533. The van der Waals surface area contributed by atoms with E-state index >= 15 is 0 Å². The summed E-state index contributed by atoms with van der Waals surface area (Å²) >= 11 is 0. The lowest BCUT2D eigenvalue weighted by Gasteiger charge is -2.27. The van der Waals surface area contributed by atoms with Crippen LogP contribution in [0.4, 0.5) is 4.79 Å². The van der Waals surface area contributed by atoms with Crippen LogP contribution in [0.1, 0.15) is 50.8 Å². The zero-order chi connectivity index (χ0) is 13.9. The number of hydrogen-bond donors (Lipinski definition) is 2. The van der Waals surface area contributed by atoms with Gasteiger partial charge in [-0.3, -0.25) is 5.43 Å². The first-order valence-electron chi connectivity index (χ1n) is 6.78. The van der Waals surface area contributed by atoms with E-state index < -0.39 is 11.7 Å². The molecule has 0 fully saturated rings. The average molecular weight is 262 g/mol. The maximum Gasteiger partial charge on any atom is 0.422 e. The van der Waals surface area contributed by atoms with Crippen molar-refractivity contribution in [2.75, 3.05) is 0 Å². The smallest absolute Gasteiger partial charge is 0.422 e. The van der Waals surface area contributed by atoms with Crippen molar-refractivity contribution in [1.82, 2.24) is 10.9 Å². The van der Waals surface area contributed by atoms with Gasteiger partial charge >= 0.3 is 6.09 Å². The van der Waals surface area contributed by atoms with Crippen LogP contribution in [0, 0.1) is 0 Å². The Kier molecular flexibility index (Phi) is 4.10. The molecule has 1 aliphatic carbocycles. The summed E-state index contributed by atoms with van der Waals surface area (Å²) in [5.74, 6) is 0. The molecule has 1 atom stereocenters. The highest BCUT2D eigenvalue weighted by Gasteiger charge is 2.21. The number of amides is 1. The van der Waals surface area contributed by atoms with E-state index in [1.54, 1.807) is 0 Å². The quantitative estimate of drug-likeness (QED) is 0.805. The molecule has 0 saturated carbocycles. The summed E-state index contributed by atoms with van der Waals surface area (Å²) in [4.78, 5) is 11.6. The van der Waals surface area contributed by atoms with Crippen LogP contribution in [0.2, 0.25) is 0 Å². The molecule has 104 valence electrons. The van der Waals surface area contributed by atoms with Crippen LogP contribution in [-0.2, 0) is 11.2 Å². The number of ether oxygens (including phenoxy) is 1. The largest absolute Gasteiger partial charge is 0.443 e. The number of benzene rings is 1. The van der Waals surface area contributed by atoms with E-state index in [0.717, 1.165) is 19.3 Å². The van der Waals surface area contributed by atoms with Crippen LogP contribution in [-0.4, -0.2) is 11.7 Å². The molecule has 1 aromatic rings. The molecule has 1 unspecified atom stereocenters. The van der Waals surface area contributed by atoms with Gasteiger partial charge in [-0.05, 0) is 51.2 Å². The molecule has 1 aliphatic rings. The first-order valence-corrected chi connectivity index (χ1v) is 6.78. The van der Waals surface area contributed by atoms with E-state index in [-0.39, 0.29) is 6.04 Å². The SMILES string of the molecule is CC(C)(C)OC(=O)NNC1CCCc2ccccc21. The Morgan fingerprint density at radius 3 is 2.79 bits per heavy atom. The highest BCUT2D eigenvalue weighted by Crippen LogP contribution is 2.28. The molecule has 0 radical (unpaired) electrons. The normalized spacial score (nSPS) is 18.6. The van der Waals surface area contributed by atoms with Crippen LogP contribution >= 0.6 is 0 Å². The summed E-state index contributed by atoms with van der Waals surface area (Å²) < 4.78 is 5.20. The molecule has 0 heterocycles. The molecule has 0 aromatic heterocycles. The van der Waals surface area contributed by atoms with Gasteiger partial charge in [-0.25, -0.2) is 10.2 Å². The number of hydrogen-bond acceptors (Lipinski definition) is 3. The Morgan fingerprint density at radius 1 is 1.32 bits per heavy atom. The van der Waals surface area contributed by atoms with Crippen molar-refractivity contribution >= 4 is 6.09 Å². The third-order valence-electron chi connectivity index (χ3n) is 3.12. The number of carbonyl (C=O) groups excluding carboxylic acids is 1. The topological polar surface area (TPSA) is 50.4 Å². The Hall–Kier alpha value is -1.55. The number of rotatable bonds is 2. The lowest BCUT2D eigenvalue weighted by Crippen LogP contribution is -2.43. The third-order valence-corrected chi connectivity index (χ3v) is 3.12. The van der Waals surface area contributed by atoms with Crippen molar-refractivity contribution < 1.29 is 9.53 Å². The van der Waals surface area contributed by atoms with Crippen LogP contribution in [0.5, 0.6) is 0 Å². The first-order chi connectivity index (χ1) is 8.96. The number of fused-ring (bicyclic) bond motifs is 1. The molecule has 2 rings (SSSR count). The molecule has 0 spiro atoms. The molecule has 0 saturated heterocycles. The minimum absolute atomic E-state index is 0.164. The highest BCUT2D eigenvalue weighted by atomic mass is 16.6. The van der Waals surface area contributed by atoms with Crippen LogP contribution < -0.4 is 10.9 Å². The number of carbonyl (C=O) groups is 1. The maximum atomic E-state index is 11.6. The van der Waals surface area contributed by atoms with Crippen molar-refractivity contribution in [1.29, 1.82) is 0 Å². The maximum absolute atomic E-state index is 11.6. The molecule has 1 amide bonds. The van der Waals surface area contributed by atoms with Gasteiger partial charge in [0.15, 0.2) is 0 Å². The Bertz CT molecular complexity index is 452. The van der Waals surface area contributed by atoms with E-state index in [2.05, 4.69) is 29.1 Å². The number of aryl methyl sites for hydroxylation is 1. The molecule has 4 nitrogen and oxygen atoms in total. The second-order valence-corrected chi connectivity index (χ2v) is 5.91. The Morgan fingerprint density at radius 2 is 2.05 bits per heavy atom. The van der Waals surface area contributed by atoms with Gasteiger partial charge in [0.2, 0.25) is 0 Å². The van der Waals surface area contributed by atoms with Crippen molar-refractivity contribution in [2.45, 2.75) is 51.7 Å². The van der Waals surface area contributed by atoms with Gasteiger partial charge in [-0.1, -0.05) is 24.3 Å². The predicted octanol–water partition coefficient (Wildman–Crippen LogP) is 3.09. The van der Waals surface area contributed by atoms with Gasteiger partial charge in [0.25, 0.3) is 0 Å². The van der Waals surface area contributed by atoms with Crippen molar-refractivity contribution in [3.63, 3.8) is 0 Å². The zero-order valence-electron chi connectivity index (χ0n) is 11.8. The molecule has 2 N–H and O–H groups in total. The zero-order valence-corrected chi connectivity index (χ0v) is 11.8. The van der Waals surface area contributed by atoms with E-state index in [0.29, 0.717) is 0 Å². The van der Waals surface area contributed by atoms with Gasteiger partial charge < -0.3 is 4.74 Å². The summed E-state index contributed by atoms with van der Waals surface area (Å²) in [5.41, 5.74) is 7.87. The third kappa shape index (κ3) is 3.96. The monoisotopic (exact) mass is 262 g/mol. The van der Waals surface area contributed by atoms with Crippen LogP contribution in [0.25, 0.3) is 0 Å². The highest BCUT2D eigenvalue weighted by molar-refractivity contribution is 5.67. The summed E-state index contributed by atoms with van der Waals surface area (Å²) in [6, 6.07) is 8.52. The molecule has 4 heteroatoms. The van der Waals surface area contributed by atoms with Gasteiger partial charge in [0, 0.05) is 0 Å². The molecule has 0 aliphatic heterocycles. The molecular weight excluding hydrogens is 240 g/mol. The fourth-order valence-corrected chi connectivity index (χ4v) is 2.35. The molecule has 1 aromatic carbocycles. The summed E-state index contributed by atoms with van der Waals surface area (Å²) in [5, 5.41) is 0. The average Bonchev–Trinajstić information content (AvgIpc) is 2.34. The number of hydrazine groups is 1. The second kappa shape index (κ2) is 5.61. The van der Waals surface area contributed by atoms with E-state index in [9.17, 15) is 4.79 Å². The van der Waals surface area contributed by atoms with Crippen molar-refractivity contribution in [3.05, 3.63) is 35.4 Å². The lowest BCUT2D eigenvalue weighted by atomic mass is 9.88. The van der Waals surface area contributed by atoms with Crippen molar-refractivity contribution in [3.8, 4) is 0 Å². The summed E-state index contributed by atoms with van der Waals surface area (Å²) in [6.45, 7) is 5.55. The number of nitrogens with one attached hydrogen (secondary N) is 2. The van der Waals surface area contributed by atoms with E-state index in [4.69, 9.17) is 4.74 Å². The van der Waals surface area contributed by atoms with Gasteiger partial charge in [-0.15, -0.1) is 0 Å². The van der Waals surface area contributed by atoms with E-state index in [1.807, 2.05) is 26.8 Å². The molecule has 0 bridgehead atoms. The van der Waals surface area contributed by atoms with Gasteiger partial charge in [0.05, 0.1) is 6.04 Å². The first kappa shape index (κ1) is 13.9. The predicted molar refractivity (Wildman–Crippen MR) is 74.6 cm³/mol. The lowest BCUT2D eigenvalue weighted by molar-refractivity contribution is 0.0485. The van der Waals surface area contributed by atoms with Gasteiger partial charge in [0.1, 0.15) is 5.60 Å². The van der Waals surface area contributed by atoms with E-state index in [1.165, 1.54) is 11.1 Å². The second-order valence-electron chi connectivity index (χ2n) is 5.91. The van der Waals surface area contributed by atoms with Crippen molar-refractivity contribution in [2.24, 2.45) is 0 Å². The van der Waals surface area contributed by atoms with Crippen LogP contribution in [0.15, 0.2) is 24.3 Å². The van der Waals surface area contributed by atoms with Gasteiger partial charge in [-0.2, -0.15) is 0 Å². The molecule has 19 heavy (non-hydrogen) atoms. The minimum Gasteiger partial charge on any atom is -0.443 e. The Labute approximate surface area is 114 Å².